The molecule has 31 heavy (non-hydrogen) atoms. The van der Waals surface area contributed by atoms with E-state index in [1.807, 2.05) is 0 Å². The Morgan fingerprint density at radius 2 is 1.97 bits per heavy atom. The average molecular weight is 526 g/mol. The number of Topliss-reactive ketones (excluding diaryl/α,β-unsaturated/α-hetero) is 1. The van der Waals surface area contributed by atoms with Crippen LogP contribution in [0.3, 0.4) is 0 Å². The summed E-state index contributed by atoms with van der Waals surface area (Å²) in [5.41, 5.74) is 0.917. The van der Waals surface area contributed by atoms with Crippen molar-refractivity contribution in [1.82, 2.24) is 9.55 Å². The van der Waals surface area contributed by atoms with E-state index in [2.05, 4.69) is 39.6 Å². The molecule has 1 atom stereocenters. The number of thioether (sulfide) groups is 1. The number of fused-ring (bicyclic) bond motifs is 1. The quantitative estimate of drug-likeness (QED) is 0.319. The van der Waals surface area contributed by atoms with Gasteiger partial charge in [-0.05, 0) is 39.8 Å². The summed E-state index contributed by atoms with van der Waals surface area (Å²) in [6.45, 7) is 0. The summed E-state index contributed by atoms with van der Waals surface area (Å²) in [6.07, 6.45) is 0.476. The molecule has 0 aliphatic rings. The number of carboxylic acid groups (broad SMARTS) is 1. The highest BCUT2D eigenvalue weighted by Crippen LogP contribution is 2.40. The molecule has 0 saturated heterocycles. The lowest BCUT2D eigenvalue weighted by Crippen LogP contribution is -2.30. The van der Waals surface area contributed by atoms with Crippen molar-refractivity contribution in [3.05, 3.63) is 52.8 Å². The summed E-state index contributed by atoms with van der Waals surface area (Å²) in [7, 11) is 0. The normalized spacial score (nSPS) is 12.5. The number of ketones is 1. The fourth-order valence-corrected chi connectivity index (χ4v) is 4.61. The summed E-state index contributed by atoms with van der Waals surface area (Å²) >= 11 is 7.04. The second-order valence-electron chi connectivity index (χ2n) is 6.45. The maximum atomic E-state index is 14.7. The number of aliphatic carboxylic acids is 1. The van der Waals surface area contributed by atoms with Crippen LogP contribution in [0.15, 0.2) is 52.4 Å². The number of rotatable bonds is 8. The van der Waals surface area contributed by atoms with Crippen LogP contribution in [0.4, 0.5) is 8.78 Å². The van der Waals surface area contributed by atoms with E-state index in [0.717, 1.165) is 0 Å². The molecule has 0 fully saturated rings. The minimum atomic E-state index is -3.90. The smallest absolute Gasteiger partial charge is 0.358 e. The molecule has 1 heterocycles. The van der Waals surface area contributed by atoms with E-state index in [-0.39, 0.29) is 22.7 Å². The van der Waals surface area contributed by atoms with Crippen LogP contribution in [0.5, 0.6) is 0 Å². The molecule has 0 amide bonds. The maximum absolute atomic E-state index is 14.7. The molecular weight excluding hydrogens is 512 g/mol. The van der Waals surface area contributed by atoms with Crippen molar-refractivity contribution in [2.45, 2.75) is 16.8 Å². The summed E-state index contributed by atoms with van der Waals surface area (Å²) in [6, 6.07) is 12.3. The molecule has 1 unspecified atom stereocenters. The van der Waals surface area contributed by atoms with Crippen LogP contribution < -0.4 is 0 Å². The summed E-state index contributed by atoms with van der Waals surface area (Å²) < 4.78 is 31.1. The number of carboxylic acids is 1. The van der Waals surface area contributed by atoms with Gasteiger partial charge >= 0.3 is 11.2 Å². The van der Waals surface area contributed by atoms with Crippen LogP contribution in [0, 0.1) is 17.2 Å². The minimum absolute atomic E-state index is 0.0649. The fraction of sp³-hybridized carbons (Fsp3) is 0.200. The fourth-order valence-electron chi connectivity index (χ4n) is 2.93. The van der Waals surface area contributed by atoms with Gasteiger partial charge in [0.05, 0.1) is 29.4 Å². The van der Waals surface area contributed by atoms with Gasteiger partial charge in [0, 0.05) is 22.9 Å². The van der Waals surface area contributed by atoms with Crippen molar-refractivity contribution >= 4 is 62.8 Å². The monoisotopic (exact) mass is 525 g/mol. The number of nitriles is 1. The number of carbonyl (C=O) groups is 2. The lowest BCUT2D eigenvalue weighted by molar-refractivity contribution is -0.145. The molecule has 0 aliphatic carbocycles. The first-order chi connectivity index (χ1) is 14.7. The summed E-state index contributed by atoms with van der Waals surface area (Å²) in [4.78, 5) is 27.2. The number of thiol groups is 1. The zero-order chi connectivity index (χ0) is 22.8. The summed E-state index contributed by atoms with van der Waals surface area (Å²) in [5, 5.41) is 15.6. The highest BCUT2D eigenvalue weighted by molar-refractivity contribution is 9.10. The Kier molecular flexibility index (Phi) is 7.03. The lowest BCUT2D eigenvalue weighted by atomic mass is 10.0. The molecule has 11 heteroatoms. The first kappa shape index (κ1) is 23.2. The first-order valence-electron chi connectivity index (χ1n) is 8.78. The molecular formula is C20H14BrF2N3O3S2. The SMILES string of the molecule is N#Cc1ccc(-n2c(Br)cnc2SC(F)(F)C(=O)CC(CS)C(=O)O)c2ccccc12. The van der Waals surface area contributed by atoms with Crippen LogP contribution in [-0.2, 0) is 9.59 Å². The van der Waals surface area contributed by atoms with Gasteiger partial charge in [-0.2, -0.15) is 26.7 Å². The van der Waals surface area contributed by atoms with Crippen molar-refractivity contribution in [2.75, 3.05) is 5.75 Å². The third-order valence-corrected chi connectivity index (χ3v) is 6.45. The van der Waals surface area contributed by atoms with Gasteiger partial charge in [0.1, 0.15) is 4.60 Å². The van der Waals surface area contributed by atoms with Gasteiger partial charge in [0.25, 0.3) is 0 Å². The van der Waals surface area contributed by atoms with Gasteiger partial charge < -0.3 is 5.11 Å². The second-order valence-corrected chi connectivity index (χ2v) is 8.71. The Balaban J connectivity index is 2.01. The number of carbonyl (C=O) groups excluding carboxylic acids is 1. The third kappa shape index (κ3) is 4.76. The average Bonchev–Trinajstić information content (AvgIpc) is 3.09. The van der Waals surface area contributed by atoms with Crippen molar-refractivity contribution < 1.29 is 23.5 Å². The molecule has 1 N–H and O–H groups in total. The topological polar surface area (TPSA) is 96.0 Å². The number of hydrogen-bond donors (Lipinski definition) is 2. The van der Waals surface area contributed by atoms with E-state index < -0.39 is 29.3 Å². The van der Waals surface area contributed by atoms with Crippen LogP contribution in [-0.4, -0.2) is 37.4 Å². The molecule has 0 aliphatic heterocycles. The standard InChI is InChI=1S/C20H14BrF2N3O3S2/c21-17-9-25-19(31-20(22,23)16(27)7-12(10-30)18(28)29)26(17)15-6-5-11(8-24)13-3-1-2-4-14(13)15/h1-6,9,12,30H,7,10H2,(H,28,29). The third-order valence-electron chi connectivity index (χ3n) is 4.49. The van der Waals surface area contributed by atoms with Gasteiger partial charge in [-0.25, -0.2) is 4.98 Å². The van der Waals surface area contributed by atoms with Crippen LogP contribution in [0.1, 0.15) is 12.0 Å². The van der Waals surface area contributed by atoms with Crippen molar-refractivity contribution in [1.29, 1.82) is 5.26 Å². The molecule has 6 nitrogen and oxygen atoms in total. The van der Waals surface area contributed by atoms with Crippen LogP contribution in [0.25, 0.3) is 16.5 Å². The number of benzene rings is 2. The molecule has 3 rings (SSSR count). The molecule has 0 spiro atoms. The molecule has 3 aromatic rings. The number of halogens is 3. The van der Waals surface area contributed by atoms with Crippen LogP contribution >= 0.6 is 40.3 Å². The van der Waals surface area contributed by atoms with Gasteiger partial charge in [0.2, 0.25) is 5.78 Å². The van der Waals surface area contributed by atoms with Gasteiger partial charge in [-0.1, -0.05) is 24.3 Å². The molecule has 1 aromatic heterocycles. The van der Waals surface area contributed by atoms with E-state index >= 15 is 0 Å². The number of imidazole rings is 1. The largest absolute Gasteiger partial charge is 0.481 e. The number of alkyl halides is 2. The van der Waals surface area contributed by atoms with Crippen molar-refractivity contribution in [3.63, 3.8) is 0 Å². The Hall–Kier alpha value is -2.42. The zero-order valence-corrected chi connectivity index (χ0v) is 18.9. The number of nitrogens with zero attached hydrogens (tertiary/aromatic N) is 3. The molecule has 0 radical (unpaired) electrons. The van der Waals surface area contributed by atoms with Crippen LogP contribution in [0.2, 0.25) is 0 Å². The summed E-state index contributed by atoms with van der Waals surface area (Å²) in [5.74, 6) is -4.43. The predicted octanol–water partition coefficient (Wildman–Crippen LogP) is 4.93. The molecule has 0 saturated carbocycles. The van der Waals surface area contributed by atoms with E-state index in [4.69, 9.17) is 5.11 Å². The predicted molar refractivity (Wildman–Crippen MR) is 119 cm³/mol. The van der Waals surface area contributed by atoms with E-state index in [0.29, 0.717) is 26.6 Å². The zero-order valence-electron chi connectivity index (χ0n) is 15.6. The second kappa shape index (κ2) is 9.38. The Labute approximate surface area is 193 Å². The van der Waals surface area contributed by atoms with Gasteiger partial charge in [-0.15, -0.1) is 0 Å². The Bertz CT molecular complexity index is 1210. The van der Waals surface area contributed by atoms with E-state index in [1.165, 1.54) is 10.8 Å². The highest BCUT2D eigenvalue weighted by atomic mass is 79.9. The Morgan fingerprint density at radius 3 is 2.58 bits per heavy atom. The highest BCUT2D eigenvalue weighted by Gasteiger charge is 2.43. The number of hydrogen-bond acceptors (Lipinski definition) is 6. The van der Waals surface area contributed by atoms with E-state index in [9.17, 15) is 23.6 Å². The van der Waals surface area contributed by atoms with Crippen molar-refractivity contribution in [2.24, 2.45) is 5.92 Å². The molecule has 2 aromatic carbocycles. The number of aromatic nitrogens is 2. The first-order valence-corrected chi connectivity index (χ1v) is 11.0. The maximum Gasteiger partial charge on any atom is 0.358 e. The minimum Gasteiger partial charge on any atom is -0.481 e. The molecule has 0 bridgehead atoms. The van der Waals surface area contributed by atoms with E-state index in [1.54, 1.807) is 36.4 Å². The van der Waals surface area contributed by atoms with Crippen molar-refractivity contribution in [3.8, 4) is 11.8 Å². The Morgan fingerprint density at radius 1 is 1.29 bits per heavy atom. The lowest BCUT2D eigenvalue weighted by Gasteiger charge is -2.18. The van der Waals surface area contributed by atoms with Gasteiger partial charge in [-0.3, -0.25) is 14.2 Å². The molecule has 160 valence electrons. The van der Waals surface area contributed by atoms with Gasteiger partial charge in [0.15, 0.2) is 5.16 Å².